The Morgan fingerprint density at radius 2 is 2.05 bits per heavy atom. The number of nitrogens with two attached hydrogens (primary N) is 1. The van der Waals surface area contributed by atoms with Crippen molar-refractivity contribution in [3.8, 4) is 0 Å². The van der Waals surface area contributed by atoms with Crippen LogP contribution in [0, 0.1) is 6.92 Å². The van der Waals surface area contributed by atoms with Crippen LogP contribution < -0.4 is 11.1 Å². The summed E-state index contributed by atoms with van der Waals surface area (Å²) in [6, 6.07) is 5.19. The van der Waals surface area contributed by atoms with E-state index in [1.807, 2.05) is 6.92 Å². The number of nitrogen functional groups attached to an aromatic ring is 1. The predicted molar refractivity (Wildman–Crippen MR) is 84.0 cm³/mol. The minimum atomic E-state index is -3.22. The number of carbonyl (C=O) groups excluding carboxylic acids is 1. The molecule has 0 radical (unpaired) electrons. The van der Waals surface area contributed by atoms with E-state index in [2.05, 4.69) is 5.32 Å². The summed E-state index contributed by atoms with van der Waals surface area (Å²) in [6.45, 7) is 2.24. The van der Waals surface area contributed by atoms with Gasteiger partial charge in [0.15, 0.2) is 9.84 Å². The summed E-state index contributed by atoms with van der Waals surface area (Å²) in [5.41, 5.74) is 7.68. The van der Waals surface area contributed by atoms with Crippen molar-refractivity contribution in [2.24, 2.45) is 0 Å². The lowest BCUT2D eigenvalue weighted by Gasteiger charge is -2.09. The maximum absolute atomic E-state index is 11.8. The van der Waals surface area contributed by atoms with Crippen LogP contribution in [0.4, 0.5) is 11.4 Å². The zero-order valence-electron chi connectivity index (χ0n) is 12.4. The van der Waals surface area contributed by atoms with E-state index in [4.69, 9.17) is 10.5 Å². The first-order valence-electron chi connectivity index (χ1n) is 6.69. The number of carbonyl (C=O) groups is 1. The maximum atomic E-state index is 11.8. The average molecular weight is 314 g/mol. The standard InChI is InChI=1S/C14H22N2O4S/c1-11-4-5-12(15)10-13(11)16-14(17)6-9-21(18,19)8-3-7-20-2/h4-5,10H,3,6-9,15H2,1-2H3,(H,16,17). The minimum Gasteiger partial charge on any atom is -0.399 e. The van der Waals surface area contributed by atoms with Crippen LogP contribution in [0.25, 0.3) is 0 Å². The fourth-order valence-corrected chi connectivity index (χ4v) is 3.02. The van der Waals surface area contributed by atoms with Crippen molar-refractivity contribution >= 4 is 27.1 Å². The molecule has 1 aromatic rings. The number of nitrogens with one attached hydrogen (secondary N) is 1. The third-order valence-electron chi connectivity index (χ3n) is 2.98. The van der Waals surface area contributed by atoms with Crippen LogP contribution in [-0.2, 0) is 19.4 Å². The second-order valence-corrected chi connectivity index (χ2v) is 7.17. The molecule has 0 atom stereocenters. The number of aryl methyl sites for hydroxylation is 1. The molecule has 0 saturated carbocycles. The van der Waals surface area contributed by atoms with E-state index in [1.165, 1.54) is 7.11 Å². The Morgan fingerprint density at radius 1 is 1.33 bits per heavy atom. The van der Waals surface area contributed by atoms with Gasteiger partial charge in [-0.25, -0.2) is 8.42 Å². The van der Waals surface area contributed by atoms with E-state index >= 15 is 0 Å². The summed E-state index contributed by atoms with van der Waals surface area (Å²) in [5.74, 6) is -0.464. The van der Waals surface area contributed by atoms with Crippen LogP contribution in [0.3, 0.4) is 0 Å². The highest BCUT2D eigenvalue weighted by atomic mass is 32.2. The van der Waals surface area contributed by atoms with E-state index in [9.17, 15) is 13.2 Å². The Morgan fingerprint density at radius 3 is 2.71 bits per heavy atom. The van der Waals surface area contributed by atoms with Gasteiger partial charge in [0.05, 0.1) is 11.5 Å². The monoisotopic (exact) mass is 314 g/mol. The van der Waals surface area contributed by atoms with Crippen LogP contribution in [0.5, 0.6) is 0 Å². The van der Waals surface area contributed by atoms with Crippen molar-refractivity contribution in [2.75, 3.05) is 36.3 Å². The quantitative estimate of drug-likeness (QED) is 0.557. The van der Waals surface area contributed by atoms with Gasteiger partial charge in [0, 0.05) is 31.5 Å². The van der Waals surface area contributed by atoms with Gasteiger partial charge in [0.25, 0.3) is 0 Å². The van der Waals surface area contributed by atoms with E-state index in [1.54, 1.807) is 18.2 Å². The van der Waals surface area contributed by atoms with E-state index in [0.29, 0.717) is 24.4 Å². The van der Waals surface area contributed by atoms with Crippen LogP contribution in [0.15, 0.2) is 18.2 Å². The van der Waals surface area contributed by atoms with Crippen molar-refractivity contribution < 1.29 is 17.9 Å². The first-order valence-corrected chi connectivity index (χ1v) is 8.51. The molecular formula is C14H22N2O4S. The molecule has 0 aromatic heterocycles. The van der Waals surface area contributed by atoms with Gasteiger partial charge >= 0.3 is 0 Å². The molecule has 1 aromatic carbocycles. The molecule has 7 heteroatoms. The molecule has 0 heterocycles. The third kappa shape index (κ3) is 6.59. The van der Waals surface area contributed by atoms with Crippen LogP contribution in [0.1, 0.15) is 18.4 Å². The van der Waals surface area contributed by atoms with Crippen LogP contribution >= 0.6 is 0 Å². The topological polar surface area (TPSA) is 98.5 Å². The molecular weight excluding hydrogens is 292 g/mol. The number of methoxy groups -OCH3 is 1. The molecule has 0 aliphatic carbocycles. The van der Waals surface area contributed by atoms with E-state index in [0.717, 1.165) is 5.56 Å². The number of rotatable bonds is 8. The Labute approximate surface area is 125 Å². The molecule has 0 fully saturated rings. The Bertz CT molecular complexity index is 585. The summed E-state index contributed by atoms with van der Waals surface area (Å²) in [6.07, 6.45) is 0.373. The summed E-state index contributed by atoms with van der Waals surface area (Å²) in [5, 5.41) is 2.68. The lowest BCUT2D eigenvalue weighted by atomic mass is 10.2. The predicted octanol–water partition coefficient (Wildman–Crippen LogP) is 1.36. The molecule has 21 heavy (non-hydrogen) atoms. The Kier molecular flexibility index (Phi) is 6.64. The first kappa shape index (κ1) is 17.5. The second kappa shape index (κ2) is 7.99. The van der Waals surface area contributed by atoms with Gasteiger partial charge in [-0.15, -0.1) is 0 Å². The highest BCUT2D eigenvalue weighted by molar-refractivity contribution is 7.91. The lowest BCUT2D eigenvalue weighted by molar-refractivity contribution is -0.115. The number of anilines is 2. The molecule has 1 amide bonds. The summed E-state index contributed by atoms with van der Waals surface area (Å²) in [7, 11) is -1.70. The zero-order chi connectivity index (χ0) is 15.9. The largest absolute Gasteiger partial charge is 0.399 e. The van der Waals surface area contributed by atoms with Gasteiger partial charge in [-0.05, 0) is 31.0 Å². The van der Waals surface area contributed by atoms with Crippen molar-refractivity contribution in [2.45, 2.75) is 19.8 Å². The number of benzene rings is 1. The molecule has 0 saturated heterocycles. The summed E-state index contributed by atoms with van der Waals surface area (Å²) < 4.78 is 28.3. The summed E-state index contributed by atoms with van der Waals surface area (Å²) >= 11 is 0. The SMILES string of the molecule is COCCCS(=O)(=O)CCC(=O)Nc1cc(N)ccc1C. The second-order valence-electron chi connectivity index (χ2n) is 4.87. The molecule has 0 unspecified atom stereocenters. The average Bonchev–Trinajstić information content (AvgIpc) is 2.41. The van der Waals surface area contributed by atoms with Gasteiger partial charge in [0.1, 0.15) is 0 Å². The normalized spacial score (nSPS) is 11.3. The van der Waals surface area contributed by atoms with Gasteiger partial charge in [-0.1, -0.05) is 6.07 Å². The van der Waals surface area contributed by atoms with Crippen molar-refractivity contribution in [1.82, 2.24) is 0 Å². The molecule has 118 valence electrons. The maximum Gasteiger partial charge on any atom is 0.225 e. The smallest absolute Gasteiger partial charge is 0.225 e. The van der Waals surface area contributed by atoms with Crippen molar-refractivity contribution in [3.63, 3.8) is 0 Å². The number of ether oxygens (including phenoxy) is 1. The van der Waals surface area contributed by atoms with Crippen molar-refractivity contribution in [3.05, 3.63) is 23.8 Å². The Balaban J connectivity index is 2.49. The molecule has 1 rings (SSSR count). The lowest BCUT2D eigenvalue weighted by Crippen LogP contribution is -2.20. The number of hydrogen-bond acceptors (Lipinski definition) is 5. The van der Waals surface area contributed by atoms with Gasteiger partial charge in [0.2, 0.25) is 5.91 Å². The van der Waals surface area contributed by atoms with Crippen LogP contribution in [-0.4, -0.2) is 39.5 Å². The van der Waals surface area contributed by atoms with Crippen LogP contribution in [0.2, 0.25) is 0 Å². The van der Waals surface area contributed by atoms with Crippen molar-refractivity contribution in [1.29, 1.82) is 0 Å². The fraction of sp³-hybridized carbons (Fsp3) is 0.500. The van der Waals surface area contributed by atoms with E-state index in [-0.39, 0.29) is 23.8 Å². The Hall–Kier alpha value is -1.60. The van der Waals surface area contributed by atoms with Gasteiger partial charge < -0.3 is 15.8 Å². The number of amides is 1. The number of hydrogen-bond donors (Lipinski definition) is 2. The molecule has 3 N–H and O–H groups in total. The van der Waals surface area contributed by atoms with Gasteiger partial charge in [-0.2, -0.15) is 0 Å². The minimum absolute atomic E-state index is 0.0332. The van der Waals surface area contributed by atoms with E-state index < -0.39 is 9.84 Å². The molecule has 0 aliphatic heterocycles. The zero-order valence-corrected chi connectivity index (χ0v) is 13.2. The molecule has 0 spiro atoms. The molecule has 6 nitrogen and oxygen atoms in total. The molecule has 0 aliphatic rings. The molecule has 0 bridgehead atoms. The number of sulfone groups is 1. The fourth-order valence-electron chi connectivity index (χ4n) is 1.76. The highest BCUT2D eigenvalue weighted by Crippen LogP contribution is 2.18. The third-order valence-corrected chi connectivity index (χ3v) is 4.72. The highest BCUT2D eigenvalue weighted by Gasteiger charge is 2.14. The first-order chi connectivity index (χ1) is 9.84. The summed E-state index contributed by atoms with van der Waals surface area (Å²) in [4.78, 5) is 11.8. The van der Waals surface area contributed by atoms with Gasteiger partial charge in [-0.3, -0.25) is 4.79 Å².